The maximum absolute atomic E-state index is 13.6. The molecule has 0 aliphatic rings. The molecule has 0 saturated carbocycles. The zero-order valence-corrected chi connectivity index (χ0v) is 12.5. The number of benzene rings is 2. The average molecular weight is 325 g/mol. The highest BCUT2D eigenvalue weighted by Crippen LogP contribution is 2.20. The van der Waals surface area contributed by atoms with Gasteiger partial charge in [-0.3, -0.25) is 9.78 Å². The van der Waals surface area contributed by atoms with Crippen molar-refractivity contribution in [3.05, 3.63) is 84.2 Å². The first-order valence-corrected chi connectivity index (χ1v) is 7.17. The fourth-order valence-electron chi connectivity index (χ4n) is 2.12. The Morgan fingerprint density at radius 3 is 2.29 bits per heavy atom. The van der Waals surface area contributed by atoms with Crippen molar-refractivity contribution in [2.75, 3.05) is 10.6 Å². The number of carbonyl (C=O) groups is 1. The van der Waals surface area contributed by atoms with Gasteiger partial charge in [-0.2, -0.15) is 0 Å². The highest BCUT2D eigenvalue weighted by atomic mass is 19.1. The van der Waals surface area contributed by atoms with Crippen LogP contribution in [0.3, 0.4) is 0 Å². The molecule has 120 valence electrons. The topological polar surface area (TPSA) is 54.0 Å². The quantitative estimate of drug-likeness (QED) is 0.749. The Morgan fingerprint density at radius 2 is 1.58 bits per heavy atom. The minimum Gasteiger partial charge on any atom is -0.355 e. The van der Waals surface area contributed by atoms with E-state index in [1.807, 2.05) is 30.3 Å². The van der Waals surface area contributed by atoms with Crippen molar-refractivity contribution in [2.45, 2.75) is 0 Å². The van der Waals surface area contributed by atoms with Crippen LogP contribution in [0.1, 0.15) is 10.5 Å². The average Bonchev–Trinajstić information content (AvgIpc) is 2.59. The third-order valence-corrected chi connectivity index (χ3v) is 3.26. The van der Waals surface area contributed by atoms with Crippen molar-refractivity contribution >= 4 is 23.0 Å². The molecule has 0 unspecified atom stereocenters. The minimum absolute atomic E-state index is 0.0404. The monoisotopic (exact) mass is 325 g/mol. The van der Waals surface area contributed by atoms with Crippen LogP contribution in [0.5, 0.6) is 0 Å². The van der Waals surface area contributed by atoms with Gasteiger partial charge in [-0.05, 0) is 36.4 Å². The third-order valence-electron chi connectivity index (χ3n) is 3.26. The molecule has 2 N–H and O–H groups in total. The predicted octanol–water partition coefficient (Wildman–Crippen LogP) is 4.36. The molecule has 6 heteroatoms. The summed E-state index contributed by atoms with van der Waals surface area (Å²) in [4.78, 5) is 16.1. The van der Waals surface area contributed by atoms with Gasteiger partial charge in [-0.25, -0.2) is 8.78 Å². The summed E-state index contributed by atoms with van der Waals surface area (Å²) in [5.41, 5.74) is 1.02. The van der Waals surface area contributed by atoms with Gasteiger partial charge in [0.05, 0.1) is 0 Å². The number of carbonyl (C=O) groups excluding carboxylic acids is 1. The first-order chi connectivity index (χ1) is 11.6. The Hall–Kier alpha value is -3.28. The molecule has 0 saturated heterocycles. The van der Waals surface area contributed by atoms with Crippen LogP contribution in [0.25, 0.3) is 0 Å². The number of aromatic nitrogens is 1. The second-order valence-electron chi connectivity index (χ2n) is 4.97. The van der Waals surface area contributed by atoms with Crippen LogP contribution in [0.15, 0.2) is 66.9 Å². The fourth-order valence-corrected chi connectivity index (χ4v) is 2.12. The highest BCUT2D eigenvalue weighted by Gasteiger charge is 2.14. The summed E-state index contributed by atoms with van der Waals surface area (Å²) in [6.45, 7) is 0. The van der Waals surface area contributed by atoms with E-state index < -0.39 is 23.2 Å². The molecule has 0 aliphatic heterocycles. The van der Waals surface area contributed by atoms with E-state index in [0.717, 1.165) is 17.8 Å². The Bertz CT molecular complexity index is 849. The van der Waals surface area contributed by atoms with E-state index in [4.69, 9.17) is 0 Å². The highest BCUT2D eigenvalue weighted by molar-refractivity contribution is 6.03. The number of nitrogens with zero attached hydrogens (tertiary/aromatic N) is 1. The number of hydrogen-bond donors (Lipinski definition) is 2. The van der Waals surface area contributed by atoms with Crippen molar-refractivity contribution in [2.24, 2.45) is 0 Å². The number of pyridine rings is 1. The molecule has 2 aromatic carbocycles. The standard InChI is InChI=1S/C18H13F2N3O/c19-14-7-4-8-15(20)17(14)23-18(24)16-11-13(9-10-21-16)22-12-5-2-1-3-6-12/h1-11H,(H,21,22)(H,23,24). The molecule has 0 radical (unpaired) electrons. The van der Waals surface area contributed by atoms with Gasteiger partial charge >= 0.3 is 0 Å². The van der Waals surface area contributed by atoms with Crippen molar-refractivity contribution in [1.82, 2.24) is 4.98 Å². The molecule has 0 bridgehead atoms. The summed E-state index contributed by atoms with van der Waals surface area (Å²) < 4.78 is 27.2. The summed E-state index contributed by atoms with van der Waals surface area (Å²) in [6.07, 6.45) is 1.44. The lowest BCUT2D eigenvalue weighted by atomic mass is 10.2. The zero-order chi connectivity index (χ0) is 16.9. The molecule has 0 fully saturated rings. The van der Waals surface area contributed by atoms with Crippen molar-refractivity contribution in [1.29, 1.82) is 0 Å². The normalized spacial score (nSPS) is 10.2. The summed E-state index contributed by atoms with van der Waals surface area (Å²) in [7, 11) is 0. The van der Waals surface area contributed by atoms with E-state index in [-0.39, 0.29) is 5.69 Å². The molecule has 3 rings (SSSR count). The lowest BCUT2D eigenvalue weighted by Gasteiger charge is -2.09. The number of rotatable bonds is 4. The number of nitrogens with one attached hydrogen (secondary N) is 2. The van der Waals surface area contributed by atoms with Gasteiger partial charge in [0.2, 0.25) is 0 Å². The molecule has 1 heterocycles. The molecule has 0 spiro atoms. The van der Waals surface area contributed by atoms with Gasteiger partial charge in [0.25, 0.3) is 5.91 Å². The molecular weight excluding hydrogens is 312 g/mol. The molecule has 0 aliphatic carbocycles. The first kappa shape index (κ1) is 15.6. The van der Waals surface area contributed by atoms with E-state index in [2.05, 4.69) is 15.6 Å². The van der Waals surface area contributed by atoms with Crippen molar-refractivity contribution < 1.29 is 13.6 Å². The van der Waals surface area contributed by atoms with Crippen LogP contribution >= 0.6 is 0 Å². The number of anilines is 3. The summed E-state index contributed by atoms with van der Waals surface area (Å²) in [5.74, 6) is -2.39. The summed E-state index contributed by atoms with van der Waals surface area (Å²) in [6, 6.07) is 15.9. The lowest BCUT2D eigenvalue weighted by Crippen LogP contribution is -2.16. The Kier molecular flexibility index (Phi) is 4.47. The molecule has 1 amide bonds. The van der Waals surface area contributed by atoms with E-state index in [9.17, 15) is 13.6 Å². The largest absolute Gasteiger partial charge is 0.355 e. The Labute approximate surface area is 137 Å². The zero-order valence-electron chi connectivity index (χ0n) is 12.5. The van der Waals surface area contributed by atoms with E-state index in [1.165, 1.54) is 18.3 Å². The van der Waals surface area contributed by atoms with Crippen LogP contribution in [0.4, 0.5) is 25.8 Å². The Morgan fingerprint density at radius 1 is 0.875 bits per heavy atom. The van der Waals surface area contributed by atoms with Gasteiger partial charge in [-0.1, -0.05) is 24.3 Å². The summed E-state index contributed by atoms with van der Waals surface area (Å²) in [5, 5.41) is 5.32. The second-order valence-corrected chi connectivity index (χ2v) is 4.97. The molecule has 3 aromatic rings. The van der Waals surface area contributed by atoms with Gasteiger partial charge in [-0.15, -0.1) is 0 Å². The van der Waals surface area contributed by atoms with Crippen LogP contribution in [0.2, 0.25) is 0 Å². The summed E-state index contributed by atoms with van der Waals surface area (Å²) >= 11 is 0. The third kappa shape index (κ3) is 3.55. The van der Waals surface area contributed by atoms with Gasteiger partial charge in [0.15, 0.2) is 0 Å². The van der Waals surface area contributed by atoms with E-state index >= 15 is 0 Å². The van der Waals surface area contributed by atoms with Crippen molar-refractivity contribution in [3.63, 3.8) is 0 Å². The van der Waals surface area contributed by atoms with Gasteiger partial charge in [0, 0.05) is 17.6 Å². The molecule has 4 nitrogen and oxygen atoms in total. The molecule has 24 heavy (non-hydrogen) atoms. The van der Waals surface area contributed by atoms with Gasteiger partial charge < -0.3 is 10.6 Å². The minimum atomic E-state index is -0.845. The second kappa shape index (κ2) is 6.87. The SMILES string of the molecule is O=C(Nc1c(F)cccc1F)c1cc(Nc2ccccc2)ccn1. The van der Waals surface area contributed by atoms with Crippen LogP contribution in [-0.2, 0) is 0 Å². The van der Waals surface area contributed by atoms with E-state index in [1.54, 1.807) is 6.07 Å². The van der Waals surface area contributed by atoms with Crippen molar-refractivity contribution in [3.8, 4) is 0 Å². The number of hydrogen-bond acceptors (Lipinski definition) is 3. The first-order valence-electron chi connectivity index (χ1n) is 7.17. The maximum atomic E-state index is 13.6. The lowest BCUT2D eigenvalue weighted by molar-refractivity contribution is 0.102. The van der Waals surface area contributed by atoms with Crippen LogP contribution < -0.4 is 10.6 Å². The number of amides is 1. The maximum Gasteiger partial charge on any atom is 0.274 e. The number of halogens is 2. The molecule has 1 aromatic heterocycles. The van der Waals surface area contributed by atoms with Crippen LogP contribution in [-0.4, -0.2) is 10.9 Å². The smallest absolute Gasteiger partial charge is 0.274 e. The predicted molar refractivity (Wildman–Crippen MR) is 88.3 cm³/mol. The van der Waals surface area contributed by atoms with Gasteiger partial charge in [0.1, 0.15) is 23.0 Å². The number of para-hydroxylation sites is 2. The van der Waals surface area contributed by atoms with Crippen LogP contribution in [0, 0.1) is 11.6 Å². The molecular formula is C18H13F2N3O. The van der Waals surface area contributed by atoms with E-state index in [0.29, 0.717) is 5.69 Å². The molecule has 0 atom stereocenters. The fraction of sp³-hybridized carbons (Fsp3) is 0. The Balaban J connectivity index is 1.80.